The highest BCUT2D eigenvalue weighted by atomic mass is 35.5. The second-order valence-corrected chi connectivity index (χ2v) is 6.17. The summed E-state index contributed by atoms with van der Waals surface area (Å²) in [5.74, 6) is 0. The van der Waals surface area contributed by atoms with Gasteiger partial charge in [-0.1, -0.05) is 42.1 Å². The minimum atomic E-state index is -0.0234. The summed E-state index contributed by atoms with van der Waals surface area (Å²) in [6.07, 6.45) is 4.77. The first-order valence-corrected chi connectivity index (χ1v) is 7.11. The van der Waals surface area contributed by atoms with Crippen LogP contribution in [0.3, 0.4) is 0 Å². The Hall–Kier alpha value is -0.280. The predicted molar refractivity (Wildman–Crippen MR) is 78.3 cm³/mol. The maximum Gasteiger partial charge on any atom is 0.0595 e. The van der Waals surface area contributed by atoms with Crippen LogP contribution in [0.15, 0.2) is 18.2 Å². The van der Waals surface area contributed by atoms with Crippen molar-refractivity contribution in [3.8, 4) is 0 Å². The molecule has 1 aromatic rings. The van der Waals surface area contributed by atoms with Crippen molar-refractivity contribution in [2.24, 2.45) is 5.73 Å². The van der Waals surface area contributed by atoms with E-state index < -0.39 is 0 Å². The third-order valence-electron chi connectivity index (χ3n) is 4.24. The van der Waals surface area contributed by atoms with E-state index in [1.54, 1.807) is 0 Å². The van der Waals surface area contributed by atoms with Crippen molar-refractivity contribution in [3.05, 3.63) is 33.8 Å². The molecule has 1 aliphatic carbocycles. The Morgan fingerprint density at radius 1 is 1.17 bits per heavy atom. The number of hydrogen-bond donors (Lipinski definition) is 1. The van der Waals surface area contributed by atoms with E-state index in [4.69, 9.17) is 28.9 Å². The first-order valence-electron chi connectivity index (χ1n) is 6.35. The molecule has 1 atom stereocenters. The molecule has 0 bridgehead atoms. The van der Waals surface area contributed by atoms with E-state index in [0.717, 1.165) is 18.4 Å². The van der Waals surface area contributed by atoms with Crippen molar-refractivity contribution in [2.45, 2.75) is 37.3 Å². The molecule has 0 amide bonds. The standard InChI is InChI=1S/C14H20Cl2N2/c1-18(2)14(7-3-4-8-14)13(17)10-5-6-11(15)12(16)9-10/h5-6,9,13H,3-4,7-8,17H2,1-2H3. The third kappa shape index (κ3) is 2.39. The Bertz CT molecular complexity index is 426. The van der Waals surface area contributed by atoms with Crippen LogP contribution in [-0.2, 0) is 0 Å². The Morgan fingerprint density at radius 3 is 2.28 bits per heavy atom. The van der Waals surface area contributed by atoms with Gasteiger partial charge in [0.05, 0.1) is 10.0 Å². The van der Waals surface area contributed by atoms with Crippen molar-refractivity contribution in [1.29, 1.82) is 0 Å². The molecule has 1 aliphatic rings. The zero-order chi connectivity index (χ0) is 13.3. The topological polar surface area (TPSA) is 29.3 Å². The monoisotopic (exact) mass is 286 g/mol. The molecule has 0 radical (unpaired) electrons. The molecule has 1 unspecified atom stereocenters. The average Bonchev–Trinajstić information content (AvgIpc) is 2.82. The van der Waals surface area contributed by atoms with Gasteiger partial charge in [-0.2, -0.15) is 0 Å². The number of hydrogen-bond acceptors (Lipinski definition) is 2. The van der Waals surface area contributed by atoms with Crippen molar-refractivity contribution >= 4 is 23.2 Å². The molecule has 0 aliphatic heterocycles. The molecule has 2 nitrogen and oxygen atoms in total. The summed E-state index contributed by atoms with van der Waals surface area (Å²) < 4.78 is 0. The zero-order valence-electron chi connectivity index (χ0n) is 10.9. The lowest BCUT2D eigenvalue weighted by Gasteiger charge is -2.41. The number of benzene rings is 1. The predicted octanol–water partition coefficient (Wildman–Crippen LogP) is 3.87. The Kier molecular flexibility index (Phi) is 4.22. The number of nitrogens with zero attached hydrogens (tertiary/aromatic N) is 1. The zero-order valence-corrected chi connectivity index (χ0v) is 12.4. The van der Waals surface area contributed by atoms with Gasteiger partial charge < -0.3 is 10.6 Å². The van der Waals surface area contributed by atoms with E-state index >= 15 is 0 Å². The average molecular weight is 287 g/mol. The summed E-state index contributed by atoms with van der Waals surface area (Å²) in [6, 6.07) is 5.70. The van der Waals surface area contributed by atoms with Gasteiger partial charge in [0.25, 0.3) is 0 Å². The second kappa shape index (κ2) is 5.38. The Labute approximate surface area is 119 Å². The van der Waals surface area contributed by atoms with Gasteiger partial charge in [-0.25, -0.2) is 0 Å². The summed E-state index contributed by atoms with van der Waals surface area (Å²) in [7, 11) is 4.23. The Balaban J connectivity index is 2.33. The van der Waals surface area contributed by atoms with Gasteiger partial charge in [0, 0.05) is 11.6 Å². The van der Waals surface area contributed by atoms with Crippen molar-refractivity contribution in [3.63, 3.8) is 0 Å². The highest BCUT2D eigenvalue weighted by molar-refractivity contribution is 6.42. The molecular weight excluding hydrogens is 267 g/mol. The van der Waals surface area contributed by atoms with Crippen LogP contribution >= 0.6 is 23.2 Å². The quantitative estimate of drug-likeness (QED) is 0.914. The molecule has 0 saturated heterocycles. The minimum absolute atomic E-state index is 0.0234. The van der Waals surface area contributed by atoms with Gasteiger partial charge >= 0.3 is 0 Å². The molecular formula is C14H20Cl2N2. The minimum Gasteiger partial charge on any atom is -0.322 e. The molecule has 1 aromatic carbocycles. The maximum atomic E-state index is 6.51. The molecule has 2 N–H and O–H groups in total. The summed E-state index contributed by atoms with van der Waals surface area (Å²) in [5, 5.41) is 1.16. The van der Waals surface area contributed by atoms with Crippen LogP contribution in [0, 0.1) is 0 Å². The summed E-state index contributed by atoms with van der Waals surface area (Å²) >= 11 is 12.0. The van der Waals surface area contributed by atoms with Crippen LogP contribution in [0.4, 0.5) is 0 Å². The number of likely N-dealkylation sites (N-methyl/N-ethyl adjacent to an activating group) is 1. The summed E-state index contributed by atoms with van der Waals surface area (Å²) in [6.45, 7) is 0. The number of nitrogens with two attached hydrogens (primary N) is 1. The molecule has 0 aromatic heterocycles. The van der Waals surface area contributed by atoms with Gasteiger partial charge in [-0.15, -0.1) is 0 Å². The lowest BCUT2D eigenvalue weighted by atomic mass is 9.83. The first kappa shape index (κ1) is 14.1. The van der Waals surface area contributed by atoms with Crippen LogP contribution in [0.2, 0.25) is 10.0 Å². The van der Waals surface area contributed by atoms with E-state index in [9.17, 15) is 0 Å². The van der Waals surface area contributed by atoms with Crippen LogP contribution < -0.4 is 5.73 Å². The molecule has 18 heavy (non-hydrogen) atoms. The smallest absolute Gasteiger partial charge is 0.0595 e. The van der Waals surface area contributed by atoms with E-state index in [2.05, 4.69) is 19.0 Å². The second-order valence-electron chi connectivity index (χ2n) is 5.36. The van der Waals surface area contributed by atoms with E-state index in [1.807, 2.05) is 18.2 Å². The first-order chi connectivity index (χ1) is 8.47. The van der Waals surface area contributed by atoms with Crippen LogP contribution in [0.25, 0.3) is 0 Å². The summed E-state index contributed by atoms with van der Waals surface area (Å²) in [5.41, 5.74) is 7.63. The SMILES string of the molecule is CN(C)C1(C(N)c2ccc(Cl)c(Cl)c2)CCCC1. The number of halogens is 2. The summed E-state index contributed by atoms with van der Waals surface area (Å²) in [4.78, 5) is 2.27. The van der Waals surface area contributed by atoms with E-state index in [0.29, 0.717) is 10.0 Å². The maximum absolute atomic E-state index is 6.51. The fourth-order valence-electron chi connectivity index (χ4n) is 3.04. The van der Waals surface area contributed by atoms with Gasteiger partial charge in [0.2, 0.25) is 0 Å². The van der Waals surface area contributed by atoms with Gasteiger partial charge in [-0.05, 0) is 44.6 Å². The van der Waals surface area contributed by atoms with Crippen molar-refractivity contribution in [2.75, 3.05) is 14.1 Å². The largest absolute Gasteiger partial charge is 0.322 e. The molecule has 1 saturated carbocycles. The highest BCUT2D eigenvalue weighted by Gasteiger charge is 2.42. The molecule has 100 valence electrons. The van der Waals surface area contributed by atoms with Gasteiger partial charge in [-0.3, -0.25) is 0 Å². The third-order valence-corrected chi connectivity index (χ3v) is 4.98. The van der Waals surface area contributed by atoms with Crippen molar-refractivity contribution in [1.82, 2.24) is 4.90 Å². The van der Waals surface area contributed by atoms with Gasteiger partial charge in [0.15, 0.2) is 0 Å². The van der Waals surface area contributed by atoms with Crippen LogP contribution in [0.5, 0.6) is 0 Å². The van der Waals surface area contributed by atoms with Crippen LogP contribution in [0.1, 0.15) is 37.3 Å². The van der Waals surface area contributed by atoms with Crippen molar-refractivity contribution < 1.29 is 0 Å². The lowest BCUT2D eigenvalue weighted by Crippen LogP contribution is -2.50. The van der Waals surface area contributed by atoms with Crippen LogP contribution in [-0.4, -0.2) is 24.5 Å². The molecule has 4 heteroatoms. The fraction of sp³-hybridized carbons (Fsp3) is 0.571. The number of rotatable bonds is 3. The molecule has 2 rings (SSSR count). The van der Waals surface area contributed by atoms with E-state index in [1.165, 1.54) is 12.8 Å². The molecule has 1 fully saturated rings. The van der Waals surface area contributed by atoms with E-state index in [-0.39, 0.29) is 11.6 Å². The van der Waals surface area contributed by atoms with Gasteiger partial charge in [0.1, 0.15) is 0 Å². The lowest BCUT2D eigenvalue weighted by molar-refractivity contribution is 0.123. The molecule has 0 heterocycles. The highest BCUT2D eigenvalue weighted by Crippen LogP contribution is 2.42. The normalized spacial score (nSPS) is 20.3. The molecule has 0 spiro atoms. The Morgan fingerprint density at radius 2 is 1.78 bits per heavy atom. The fourth-order valence-corrected chi connectivity index (χ4v) is 3.35.